The molecule has 2 saturated heterocycles. The summed E-state index contributed by atoms with van der Waals surface area (Å²) in [5.41, 5.74) is 3.32. The minimum atomic E-state index is -0.257. The molecule has 4 heterocycles. The van der Waals surface area contributed by atoms with Crippen molar-refractivity contribution in [1.29, 1.82) is 0 Å². The van der Waals surface area contributed by atoms with E-state index in [2.05, 4.69) is 30.6 Å². The molecule has 226 valence electrons. The predicted molar refractivity (Wildman–Crippen MR) is 163 cm³/mol. The van der Waals surface area contributed by atoms with Crippen LogP contribution in [0.4, 0.5) is 11.4 Å². The van der Waals surface area contributed by atoms with Crippen LogP contribution in [-0.4, -0.2) is 79.5 Å². The lowest BCUT2D eigenvalue weighted by atomic mass is 10.0. The third-order valence-corrected chi connectivity index (χ3v) is 8.21. The number of nitrogens with zero attached hydrogens (tertiary/aromatic N) is 4. The van der Waals surface area contributed by atoms with Crippen molar-refractivity contribution in [3.63, 3.8) is 0 Å². The van der Waals surface area contributed by atoms with Crippen molar-refractivity contribution in [2.75, 3.05) is 36.8 Å². The van der Waals surface area contributed by atoms with E-state index in [1.165, 1.54) is 0 Å². The third-order valence-electron chi connectivity index (χ3n) is 8.21. The van der Waals surface area contributed by atoms with Crippen LogP contribution in [0.3, 0.4) is 0 Å². The van der Waals surface area contributed by atoms with Gasteiger partial charge in [-0.1, -0.05) is 24.3 Å². The number of anilines is 2. The SMILES string of the molecule is O=C(Nc1ccc(-c2ccc(NC(=O)[C@H]3CCN(C(=O)Cc4ncc[nH]4)C3)cc2)cc1)[C@@H]1CCN(C(=O)Cc2ncc[nH]2)C1. The number of hydrogen-bond donors (Lipinski definition) is 4. The van der Waals surface area contributed by atoms with Gasteiger partial charge in [-0.15, -0.1) is 0 Å². The number of carbonyl (C=O) groups is 4. The Kier molecular flexibility index (Phi) is 8.48. The minimum Gasteiger partial charge on any atom is -0.348 e. The highest BCUT2D eigenvalue weighted by molar-refractivity contribution is 5.95. The van der Waals surface area contributed by atoms with Gasteiger partial charge in [0.2, 0.25) is 23.6 Å². The molecule has 2 aromatic carbocycles. The first-order chi connectivity index (χ1) is 21.4. The summed E-state index contributed by atoms with van der Waals surface area (Å²) in [5, 5.41) is 5.95. The molecule has 0 unspecified atom stereocenters. The fourth-order valence-electron chi connectivity index (χ4n) is 5.68. The zero-order chi connectivity index (χ0) is 30.5. The lowest BCUT2D eigenvalue weighted by Gasteiger charge is -2.16. The van der Waals surface area contributed by atoms with Crippen LogP contribution < -0.4 is 10.6 Å². The molecule has 4 amide bonds. The van der Waals surface area contributed by atoms with Crippen LogP contribution in [0, 0.1) is 11.8 Å². The number of imidazole rings is 2. The number of aromatic nitrogens is 4. The van der Waals surface area contributed by atoms with Gasteiger partial charge in [-0.3, -0.25) is 19.2 Å². The van der Waals surface area contributed by atoms with E-state index < -0.39 is 0 Å². The van der Waals surface area contributed by atoms with Gasteiger partial charge in [0.25, 0.3) is 0 Å². The molecule has 2 fully saturated rings. The molecule has 6 rings (SSSR count). The van der Waals surface area contributed by atoms with Gasteiger partial charge >= 0.3 is 0 Å². The summed E-state index contributed by atoms with van der Waals surface area (Å²) < 4.78 is 0. The van der Waals surface area contributed by atoms with Gasteiger partial charge in [-0.25, -0.2) is 9.97 Å². The molecule has 12 heteroatoms. The van der Waals surface area contributed by atoms with Crippen molar-refractivity contribution in [3.8, 4) is 11.1 Å². The molecule has 4 N–H and O–H groups in total. The highest BCUT2D eigenvalue weighted by Crippen LogP contribution is 2.26. The van der Waals surface area contributed by atoms with Crippen LogP contribution in [0.2, 0.25) is 0 Å². The number of nitrogens with one attached hydrogen (secondary N) is 4. The Morgan fingerprint density at radius 1 is 0.659 bits per heavy atom. The second-order valence-electron chi connectivity index (χ2n) is 11.2. The first kappa shape index (κ1) is 28.8. The second-order valence-corrected chi connectivity index (χ2v) is 11.2. The smallest absolute Gasteiger partial charge is 0.230 e. The Hall–Kier alpha value is -5.26. The number of hydrogen-bond acceptors (Lipinski definition) is 6. The number of amides is 4. The summed E-state index contributed by atoms with van der Waals surface area (Å²) in [6, 6.07) is 15.2. The molecule has 2 aliphatic rings. The maximum Gasteiger partial charge on any atom is 0.230 e. The van der Waals surface area contributed by atoms with Crippen LogP contribution in [-0.2, 0) is 32.0 Å². The summed E-state index contributed by atoms with van der Waals surface area (Å²) in [6.07, 6.45) is 8.25. The highest BCUT2D eigenvalue weighted by Gasteiger charge is 2.32. The van der Waals surface area contributed by atoms with Crippen molar-refractivity contribution in [2.45, 2.75) is 25.7 Å². The van der Waals surface area contributed by atoms with Crippen molar-refractivity contribution in [3.05, 3.63) is 85.0 Å². The first-order valence-corrected chi connectivity index (χ1v) is 14.8. The van der Waals surface area contributed by atoms with Gasteiger partial charge in [-0.2, -0.15) is 0 Å². The quantitative estimate of drug-likeness (QED) is 0.234. The Labute approximate surface area is 254 Å². The van der Waals surface area contributed by atoms with Crippen LogP contribution >= 0.6 is 0 Å². The van der Waals surface area contributed by atoms with Crippen molar-refractivity contribution in [2.24, 2.45) is 11.8 Å². The second kappa shape index (κ2) is 12.9. The molecule has 0 radical (unpaired) electrons. The van der Waals surface area contributed by atoms with Crippen molar-refractivity contribution in [1.82, 2.24) is 29.7 Å². The molecule has 44 heavy (non-hydrogen) atoms. The molecule has 0 saturated carbocycles. The van der Waals surface area contributed by atoms with Crippen LogP contribution in [0.1, 0.15) is 24.5 Å². The fourth-order valence-corrected chi connectivity index (χ4v) is 5.68. The molecule has 0 spiro atoms. The normalized spacial score (nSPS) is 17.9. The van der Waals surface area contributed by atoms with E-state index in [1.807, 2.05) is 48.5 Å². The highest BCUT2D eigenvalue weighted by atomic mass is 16.2. The zero-order valence-electron chi connectivity index (χ0n) is 24.2. The first-order valence-electron chi connectivity index (χ1n) is 14.8. The number of aromatic amines is 2. The van der Waals surface area contributed by atoms with Gasteiger partial charge < -0.3 is 30.4 Å². The van der Waals surface area contributed by atoms with E-state index in [0.717, 1.165) is 11.1 Å². The molecule has 2 aliphatic heterocycles. The third kappa shape index (κ3) is 6.86. The molecule has 4 aromatic rings. The van der Waals surface area contributed by atoms with Gasteiger partial charge in [0, 0.05) is 62.3 Å². The molecule has 2 atom stereocenters. The maximum absolute atomic E-state index is 12.9. The maximum atomic E-state index is 12.9. The van der Waals surface area contributed by atoms with E-state index in [-0.39, 0.29) is 48.3 Å². The van der Waals surface area contributed by atoms with Gasteiger partial charge in [0.05, 0.1) is 24.7 Å². The van der Waals surface area contributed by atoms with E-state index in [1.54, 1.807) is 34.6 Å². The number of H-pyrrole nitrogens is 2. The monoisotopic (exact) mass is 594 g/mol. The Balaban J connectivity index is 0.963. The minimum absolute atomic E-state index is 0.0381. The molecular formula is C32H34N8O4. The van der Waals surface area contributed by atoms with E-state index in [9.17, 15) is 19.2 Å². The predicted octanol–water partition coefficient (Wildman–Crippen LogP) is 2.86. The average Bonchev–Trinajstić information content (AvgIpc) is 3.86. The lowest BCUT2D eigenvalue weighted by Crippen LogP contribution is -2.32. The number of likely N-dealkylation sites (tertiary alicyclic amines) is 2. The van der Waals surface area contributed by atoms with E-state index in [4.69, 9.17) is 0 Å². The fraction of sp³-hybridized carbons (Fsp3) is 0.312. The summed E-state index contributed by atoms with van der Waals surface area (Å²) in [7, 11) is 0. The van der Waals surface area contributed by atoms with Crippen LogP contribution in [0.15, 0.2) is 73.3 Å². The van der Waals surface area contributed by atoms with Crippen LogP contribution in [0.25, 0.3) is 11.1 Å². The van der Waals surface area contributed by atoms with Crippen molar-refractivity contribution >= 4 is 35.0 Å². The zero-order valence-corrected chi connectivity index (χ0v) is 24.2. The van der Waals surface area contributed by atoms with Gasteiger partial charge in [0.15, 0.2) is 0 Å². The van der Waals surface area contributed by atoms with Crippen molar-refractivity contribution < 1.29 is 19.2 Å². The van der Waals surface area contributed by atoms with E-state index in [0.29, 0.717) is 62.0 Å². The topological polar surface area (TPSA) is 156 Å². The Morgan fingerprint density at radius 3 is 1.43 bits per heavy atom. The standard InChI is InChI=1S/C32H34N8O4/c41-29(17-27-33-11-12-34-27)39-15-9-23(19-39)31(43)37-25-5-1-21(2-6-25)22-3-7-26(8-4-22)38-32(44)24-10-16-40(20-24)30(42)18-28-35-13-14-36-28/h1-8,11-14,23-24H,9-10,15-20H2,(H,33,34)(H,35,36)(H,37,43)(H,38,44)/t23-,24+. The number of carbonyl (C=O) groups excluding carboxylic acids is 4. The summed E-state index contributed by atoms with van der Waals surface area (Å²) >= 11 is 0. The van der Waals surface area contributed by atoms with E-state index >= 15 is 0 Å². The largest absolute Gasteiger partial charge is 0.348 e. The summed E-state index contributed by atoms with van der Waals surface area (Å²) in [6.45, 7) is 1.90. The van der Waals surface area contributed by atoms with Crippen LogP contribution in [0.5, 0.6) is 0 Å². The Morgan fingerprint density at radius 2 is 1.07 bits per heavy atom. The number of rotatable bonds is 9. The summed E-state index contributed by atoms with van der Waals surface area (Å²) in [4.78, 5) is 68.3. The average molecular weight is 595 g/mol. The molecule has 0 aliphatic carbocycles. The lowest BCUT2D eigenvalue weighted by molar-refractivity contribution is -0.131. The molecular weight excluding hydrogens is 560 g/mol. The number of benzene rings is 2. The van der Waals surface area contributed by atoms with Gasteiger partial charge in [0.1, 0.15) is 11.6 Å². The Bertz CT molecular complexity index is 1480. The molecule has 2 aromatic heterocycles. The molecule has 0 bridgehead atoms. The van der Waals surface area contributed by atoms with Gasteiger partial charge in [-0.05, 0) is 48.2 Å². The summed E-state index contributed by atoms with van der Waals surface area (Å²) in [5.74, 6) is 0.453. The molecule has 12 nitrogen and oxygen atoms in total.